The highest BCUT2D eigenvalue weighted by Gasteiger charge is 2.33. The first-order valence-electron chi connectivity index (χ1n) is 13.7. The largest absolute Gasteiger partial charge is 0.321 e. The number of amides is 2. The zero-order chi connectivity index (χ0) is 30.5. The van der Waals surface area contributed by atoms with Crippen LogP contribution in [0.1, 0.15) is 84.4 Å². The number of ketones is 4. The molecule has 0 aliphatic heterocycles. The highest BCUT2D eigenvalue weighted by atomic mass is 16.2. The molecule has 5 aromatic rings. The molecule has 0 unspecified atom stereocenters. The van der Waals surface area contributed by atoms with E-state index in [0.29, 0.717) is 11.1 Å². The molecule has 0 fully saturated rings. The topological polar surface area (TPSA) is 126 Å². The average Bonchev–Trinajstić information content (AvgIpc) is 3.06. The number of nitrogens with one attached hydrogen (secondary N) is 2. The molecule has 2 aliphatic carbocycles. The van der Waals surface area contributed by atoms with Crippen molar-refractivity contribution in [2.45, 2.75) is 0 Å². The van der Waals surface area contributed by atoms with Crippen molar-refractivity contribution in [3.05, 3.63) is 165 Å². The van der Waals surface area contributed by atoms with Crippen molar-refractivity contribution in [1.82, 2.24) is 0 Å². The van der Waals surface area contributed by atoms with Crippen LogP contribution < -0.4 is 10.6 Å². The van der Waals surface area contributed by atoms with Crippen LogP contribution in [0, 0.1) is 0 Å². The lowest BCUT2D eigenvalue weighted by Gasteiger charge is -2.20. The standard InChI is InChI=1S/C36H20N2O6/c39-31-21-7-1-3-9-23(21)33(41)29-25(31)11-5-13-27(29)37-35(43)19-15-17-20(18-16-19)36(44)38-28-14-6-12-26-30(28)34(42)24-10-4-2-8-22(24)32(26)40/h1-18H,(H,37,43)(H,38,44). The molecule has 0 atom stereocenters. The summed E-state index contributed by atoms with van der Waals surface area (Å²) in [5.74, 6) is -2.38. The van der Waals surface area contributed by atoms with E-state index in [9.17, 15) is 28.8 Å². The molecule has 8 nitrogen and oxygen atoms in total. The molecule has 0 saturated carbocycles. The van der Waals surface area contributed by atoms with Crippen molar-refractivity contribution in [1.29, 1.82) is 0 Å². The lowest BCUT2D eigenvalue weighted by molar-refractivity contribution is 0.0978. The second-order valence-electron chi connectivity index (χ2n) is 10.3. The van der Waals surface area contributed by atoms with E-state index in [-0.39, 0.29) is 79.0 Å². The van der Waals surface area contributed by atoms with Crippen molar-refractivity contribution < 1.29 is 28.8 Å². The van der Waals surface area contributed by atoms with Gasteiger partial charge in [0.15, 0.2) is 23.1 Å². The van der Waals surface area contributed by atoms with E-state index in [0.717, 1.165) is 0 Å². The van der Waals surface area contributed by atoms with E-state index in [1.807, 2.05) is 0 Å². The smallest absolute Gasteiger partial charge is 0.255 e. The number of fused-ring (bicyclic) bond motifs is 4. The fourth-order valence-electron chi connectivity index (χ4n) is 5.66. The van der Waals surface area contributed by atoms with Crippen LogP contribution in [0.2, 0.25) is 0 Å². The Morgan fingerprint density at radius 1 is 0.364 bits per heavy atom. The van der Waals surface area contributed by atoms with Crippen molar-refractivity contribution in [2.75, 3.05) is 10.6 Å². The first-order chi connectivity index (χ1) is 21.3. The van der Waals surface area contributed by atoms with Crippen LogP contribution in [-0.2, 0) is 0 Å². The third-order valence-corrected chi connectivity index (χ3v) is 7.81. The van der Waals surface area contributed by atoms with Crippen LogP contribution in [0.3, 0.4) is 0 Å². The van der Waals surface area contributed by atoms with Gasteiger partial charge in [0, 0.05) is 44.5 Å². The molecular weight excluding hydrogens is 556 g/mol. The van der Waals surface area contributed by atoms with Crippen molar-refractivity contribution in [3.8, 4) is 0 Å². The molecular formula is C36H20N2O6. The zero-order valence-electron chi connectivity index (χ0n) is 22.8. The summed E-state index contributed by atoms with van der Waals surface area (Å²) in [6.07, 6.45) is 0. The lowest BCUT2D eigenvalue weighted by Crippen LogP contribution is -2.24. The summed E-state index contributed by atoms with van der Waals surface area (Å²) in [5.41, 5.74) is 2.70. The maximum Gasteiger partial charge on any atom is 0.255 e. The normalized spacial score (nSPS) is 12.9. The predicted molar refractivity (Wildman–Crippen MR) is 162 cm³/mol. The van der Waals surface area contributed by atoms with Gasteiger partial charge >= 0.3 is 0 Å². The Kier molecular flexibility index (Phi) is 6.18. The van der Waals surface area contributed by atoms with Crippen LogP contribution in [0.15, 0.2) is 109 Å². The molecule has 0 heterocycles. The Hall–Kier alpha value is -6.28. The number of rotatable bonds is 4. The van der Waals surface area contributed by atoms with Gasteiger partial charge in [-0.25, -0.2) is 0 Å². The summed E-state index contributed by atoms with van der Waals surface area (Å²) >= 11 is 0. The van der Waals surface area contributed by atoms with E-state index in [2.05, 4.69) is 10.6 Å². The molecule has 5 aromatic carbocycles. The Bertz CT molecular complexity index is 1980. The number of hydrogen-bond acceptors (Lipinski definition) is 6. The summed E-state index contributed by atoms with van der Waals surface area (Å²) in [4.78, 5) is 78.9. The van der Waals surface area contributed by atoms with Crippen molar-refractivity contribution in [2.24, 2.45) is 0 Å². The second-order valence-corrected chi connectivity index (χ2v) is 10.3. The van der Waals surface area contributed by atoms with E-state index < -0.39 is 11.8 Å². The first-order valence-corrected chi connectivity index (χ1v) is 13.7. The summed E-state index contributed by atoms with van der Waals surface area (Å²) in [5, 5.41) is 5.45. The Morgan fingerprint density at radius 2 is 0.682 bits per heavy atom. The van der Waals surface area contributed by atoms with Crippen LogP contribution >= 0.6 is 0 Å². The fraction of sp³-hybridized carbons (Fsp3) is 0. The van der Waals surface area contributed by atoms with Crippen LogP contribution in [-0.4, -0.2) is 34.9 Å². The van der Waals surface area contributed by atoms with Gasteiger partial charge in [-0.3, -0.25) is 28.8 Å². The maximum atomic E-state index is 13.3. The second kappa shape index (κ2) is 10.2. The molecule has 0 spiro atoms. The minimum Gasteiger partial charge on any atom is -0.321 e. The van der Waals surface area contributed by atoms with Gasteiger partial charge in [-0.2, -0.15) is 0 Å². The van der Waals surface area contributed by atoms with Crippen molar-refractivity contribution in [3.63, 3.8) is 0 Å². The van der Waals surface area contributed by atoms with Crippen molar-refractivity contribution >= 4 is 46.3 Å². The Balaban J connectivity index is 1.11. The number of hydrogen-bond donors (Lipinski definition) is 2. The van der Waals surface area contributed by atoms with Gasteiger partial charge in [-0.1, -0.05) is 72.8 Å². The van der Waals surface area contributed by atoms with Gasteiger partial charge in [-0.15, -0.1) is 0 Å². The molecule has 0 radical (unpaired) electrons. The van der Waals surface area contributed by atoms with Gasteiger partial charge in [0.05, 0.1) is 22.5 Å². The van der Waals surface area contributed by atoms with Gasteiger partial charge in [0.1, 0.15) is 0 Å². The molecule has 44 heavy (non-hydrogen) atoms. The quantitative estimate of drug-likeness (QED) is 0.275. The summed E-state index contributed by atoms with van der Waals surface area (Å²) < 4.78 is 0. The lowest BCUT2D eigenvalue weighted by atomic mass is 9.83. The summed E-state index contributed by atoms with van der Waals surface area (Å²) in [7, 11) is 0. The van der Waals surface area contributed by atoms with E-state index in [1.165, 1.54) is 24.3 Å². The number of anilines is 2. The molecule has 2 amide bonds. The SMILES string of the molecule is O=C(Nc1cccc2c1C(=O)c1ccccc1C2=O)c1ccc(C(=O)Nc2cccc3c2C(=O)c2ccccc2C3=O)cc1. The third kappa shape index (κ3) is 4.16. The molecule has 2 N–H and O–H groups in total. The average molecular weight is 577 g/mol. The Labute approximate surface area is 250 Å². The molecule has 2 aliphatic rings. The third-order valence-electron chi connectivity index (χ3n) is 7.81. The minimum absolute atomic E-state index is 0.127. The van der Waals surface area contributed by atoms with E-state index in [4.69, 9.17) is 0 Å². The van der Waals surface area contributed by atoms with Crippen LogP contribution in [0.25, 0.3) is 0 Å². The van der Waals surface area contributed by atoms with E-state index in [1.54, 1.807) is 84.9 Å². The first kappa shape index (κ1) is 26.6. The zero-order valence-corrected chi connectivity index (χ0v) is 22.8. The van der Waals surface area contributed by atoms with E-state index >= 15 is 0 Å². The fourth-order valence-corrected chi connectivity index (χ4v) is 5.66. The van der Waals surface area contributed by atoms with Gasteiger partial charge in [0.25, 0.3) is 11.8 Å². The highest BCUT2D eigenvalue weighted by Crippen LogP contribution is 2.33. The number of carbonyl (C=O) groups is 6. The molecule has 7 rings (SSSR count). The minimum atomic E-state index is -0.538. The maximum absolute atomic E-state index is 13.3. The van der Waals surface area contributed by atoms with Gasteiger partial charge in [-0.05, 0) is 36.4 Å². The monoisotopic (exact) mass is 576 g/mol. The summed E-state index contributed by atoms with van der Waals surface area (Å²) in [6.45, 7) is 0. The highest BCUT2D eigenvalue weighted by molar-refractivity contribution is 6.32. The molecule has 0 bridgehead atoms. The van der Waals surface area contributed by atoms with Gasteiger partial charge < -0.3 is 10.6 Å². The number of carbonyl (C=O) groups excluding carboxylic acids is 6. The molecule has 0 aromatic heterocycles. The van der Waals surface area contributed by atoms with Crippen LogP contribution in [0.4, 0.5) is 11.4 Å². The molecule has 8 heteroatoms. The summed E-state index contributed by atoms with van der Waals surface area (Å²) in [6, 6.07) is 28.3. The molecule has 210 valence electrons. The Morgan fingerprint density at radius 3 is 1.05 bits per heavy atom. The van der Waals surface area contributed by atoms with Gasteiger partial charge in [0.2, 0.25) is 0 Å². The predicted octanol–water partition coefficient (Wildman–Crippen LogP) is 5.74. The van der Waals surface area contributed by atoms with Crippen LogP contribution in [0.5, 0.6) is 0 Å². The molecule has 0 saturated heterocycles. The number of benzene rings is 5.